The van der Waals surface area contributed by atoms with Crippen LogP contribution in [0.4, 0.5) is 22.0 Å². The van der Waals surface area contributed by atoms with E-state index in [0.29, 0.717) is 0 Å². The summed E-state index contributed by atoms with van der Waals surface area (Å²) in [5.74, 6) is -1.88. The quantitative estimate of drug-likeness (QED) is 0.614. The molecular formula is C12H11F5O2. The van der Waals surface area contributed by atoms with Gasteiger partial charge in [-0.2, -0.15) is 22.0 Å². The zero-order valence-electron chi connectivity index (χ0n) is 10.1. The summed E-state index contributed by atoms with van der Waals surface area (Å²) in [5, 5.41) is 0. The first-order chi connectivity index (χ1) is 8.68. The number of carbonyl (C=O) groups excluding carboxylic acids is 1. The van der Waals surface area contributed by atoms with Gasteiger partial charge in [0.25, 0.3) is 0 Å². The van der Waals surface area contributed by atoms with Crippen molar-refractivity contribution >= 4 is 5.78 Å². The van der Waals surface area contributed by atoms with E-state index in [4.69, 9.17) is 0 Å². The zero-order chi connectivity index (χ0) is 14.8. The average molecular weight is 282 g/mol. The summed E-state index contributed by atoms with van der Waals surface area (Å²) in [6.07, 6.45) is -4.90. The van der Waals surface area contributed by atoms with Crippen molar-refractivity contribution in [2.75, 3.05) is 0 Å². The largest absolute Gasteiger partial charge is 0.433 e. The summed E-state index contributed by atoms with van der Waals surface area (Å²) in [7, 11) is 0. The summed E-state index contributed by atoms with van der Waals surface area (Å²) in [5.41, 5.74) is -2.03. The molecule has 0 aliphatic rings. The highest BCUT2D eigenvalue weighted by Gasteiger charge is 2.39. The Labute approximate surface area is 106 Å². The van der Waals surface area contributed by atoms with E-state index < -0.39 is 35.4 Å². The molecule has 0 aromatic heterocycles. The SMILES string of the molecule is CCc1ccc(C(C)=O)c(OC(F)F)c1C(F)(F)F. The molecule has 0 fully saturated rings. The van der Waals surface area contributed by atoms with Gasteiger partial charge in [-0.05, 0) is 25.0 Å². The fourth-order valence-corrected chi connectivity index (χ4v) is 1.72. The number of ketones is 1. The van der Waals surface area contributed by atoms with Crippen LogP contribution < -0.4 is 4.74 Å². The number of carbonyl (C=O) groups is 1. The van der Waals surface area contributed by atoms with Crippen LogP contribution in [0.25, 0.3) is 0 Å². The molecule has 0 unspecified atom stereocenters. The van der Waals surface area contributed by atoms with E-state index in [1.165, 1.54) is 6.92 Å². The maximum atomic E-state index is 13.0. The molecule has 0 spiro atoms. The van der Waals surface area contributed by atoms with Gasteiger partial charge in [-0.15, -0.1) is 0 Å². The van der Waals surface area contributed by atoms with Gasteiger partial charge < -0.3 is 4.74 Å². The van der Waals surface area contributed by atoms with Crippen molar-refractivity contribution in [3.63, 3.8) is 0 Å². The first-order valence-corrected chi connectivity index (χ1v) is 5.37. The lowest BCUT2D eigenvalue weighted by molar-refractivity contribution is -0.142. The Bertz CT molecular complexity index is 480. The van der Waals surface area contributed by atoms with Crippen LogP contribution in [0.5, 0.6) is 5.75 Å². The lowest BCUT2D eigenvalue weighted by Gasteiger charge is -2.19. The fourth-order valence-electron chi connectivity index (χ4n) is 1.72. The molecule has 0 heterocycles. The van der Waals surface area contributed by atoms with E-state index in [1.807, 2.05) is 0 Å². The highest BCUT2D eigenvalue weighted by Crippen LogP contribution is 2.41. The molecule has 0 radical (unpaired) electrons. The summed E-state index contributed by atoms with van der Waals surface area (Å²) in [6, 6.07) is 2.16. The normalized spacial score (nSPS) is 11.8. The maximum absolute atomic E-state index is 13.0. The molecule has 0 aliphatic heterocycles. The molecule has 19 heavy (non-hydrogen) atoms. The van der Waals surface area contributed by atoms with Gasteiger partial charge in [0.05, 0.1) is 5.56 Å². The van der Waals surface area contributed by atoms with E-state index >= 15 is 0 Å². The standard InChI is InChI=1S/C12H11F5O2/c1-3-7-4-5-8(6(2)18)10(19-11(13)14)9(7)12(15,16)17/h4-5,11H,3H2,1-2H3. The zero-order valence-corrected chi connectivity index (χ0v) is 10.1. The molecular weight excluding hydrogens is 271 g/mol. The topological polar surface area (TPSA) is 26.3 Å². The third-order valence-electron chi connectivity index (χ3n) is 2.49. The monoisotopic (exact) mass is 282 g/mol. The lowest BCUT2D eigenvalue weighted by atomic mass is 9.98. The van der Waals surface area contributed by atoms with E-state index in [2.05, 4.69) is 4.74 Å². The van der Waals surface area contributed by atoms with Gasteiger partial charge in [0.1, 0.15) is 11.3 Å². The second kappa shape index (κ2) is 5.54. The second-order valence-electron chi connectivity index (χ2n) is 3.76. The summed E-state index contributed by atoms with van der Waals surface area (Å²) >= 11 is 0. The predicted molar refractivity (Wildman–Crippen MR) is 57.5 cm³/mol. The molecule has 0 saturated heterocycles. The van der Waals surface area contributed by atoms with Crippen molar-refractivity contribution in [1.82, 2.24) is 0 Å². The molecule has 0 amide bonds. The Balaban J connectivity index is 3.61. The van der Waals surface area contributed by atoms with Crippen molar-refractivity contribution in [1.29, 1.82) is 0 Å². The third kappa shape index (κ3) is 3.42. The predicted octanol–water partition coefficient (Wildman–Crippen LogP) is 4.07. The van der Waals surface area contributed by atoms with Crippen molar-refractivity contribution in [2.24, 2.45) is 0 Å². The minimum atomic E-state index is -4.87. The van der Waals surface area contributed by atoms with Gasteiger partial charge in [0.2, 0.25) is 0 Å². The molecule has 0 saturated carbocycles. The number of Topliss-reactive ketones (excluding diaryl/α,β-unsaturated/α-hetero) is 1. The van der Waals surface area contributed by atoms with Gasteiger partial charge in [0.15, 0.2) is 5.78 Å². The van der Waals surface area contributed by atoms with Crippen molar-refractivity contribution in [2.45, 2.75) is 33.1 Å². The fraction of sp³-hybridized carbons (Fsp3) is 0.417. The average Bonchev–Trinajstić information content (AvgIpc) is 2.25. The van der Waals surface area contributed by atoms with Crippen LogP contribution in [-0.2, 0) is 12.6 Å². The minimum absolute atomic E-state index is 0.0212. The van der Waals surface area contributed by atoms with Crippen LogP contribution in [0.1, 0.15) is 35.3 Å². The third-order valence-corrected chi connectivity index (χ3v) is 2.49. The van der Waals surface area contributed by atoms with E-state index in [1.54, 1.807) is 0 Å². The lowest BCUT2D eigenvalue weighted by Crippen LogP contribution is -2.17. The molecule has 2 nitrogen and oxygen atoms in total. The number of aryl methyl sites for hydroxylation is 1. The highest BCUT2D eigenvalue weighted by molar-refractivity contribution is 5.97. The number of halogens is 5. The molecule has 1 aromatic carbocycles. The Morgan fingerprint density at radius 2 is 1.89 bits per heavy atom. The van der Waals surface area contributed by atoms with E-state index in [0.717, 1.165) is 19.1 Å². The molecule has 106 valence electrons. The smallest absolute Gasteiger partial charge is 0.420 e. The Morgan fingerprint density at radius 3 is 2.26 bits per heavy atom. The molecule has 0 atom stereocenters. The Kier molecular flexibility index (Phi) is 4.49. The van der Waals surface area contributed by atoms with Crippen LogP contribution in [0.2, 0.25) is 0 Å². The van der Waals surface area contributed by atoms with Crippen LogP contribution >= 0.6 is 0 Å². The molecule has 0 bridgehead atoms. The van der Waals surface area contributed by atoms with E-state index in [-0.39, 0.29) is 12.0 Å². The van der Waals surface area contributed by atoms with Gasteiger partial charge in [-0.25, -0.2) is 0 Å². The summed E-state index contributed by atoms with van der Waals surface area (Å²) in [6.45, 7) is -1.00. The van der Waals surface area contributed by atoms with E-state index in [9.17, 15) is 26.7 Å². The first kappa shape index (κ1) is 15.4. The van der Waals surface area contributed by atoms with Gasteiger partial charge in [-0.3, -0.25) is 4.79 Å². The van der Waals surface area contributed by atoms with Gasteiger partial charge in [0, 0.05) is 0 Å². The van der Waals surface area contributed by atoms with Gasteiger partial charge >= 0.3 is 12.8 Å². The van der Waals surface area contributed by atoms with Crippen molar-refractivity contribution in [3.8, 4) is 5.75 Å². The second-order valence-corrected chi connectivity index (χ2v) is 3.76. The number of hydrogen-bond acceptors (Lipinski definition) is 2. The Hall–Kier alpha value is -1.66. The maximum Gasteiger partial charge on any atom is 0.420 e. The number of hydrogen-bond donors (Lipinski definition) is 0. The van der Waals surface area contributed by atoms with Crippen LogP contribution in [-0.4, -0.2) is 12.4 Å². The number of rotatable bonds is 4. The molecule has 1 rings (SSSR count). The first-order valence-electron chi connectivity index (χ1n) is 5.37. The summed E-state index contributed by atoms with van der Waals surface area (Å²) < 4.78 is 67.3. The number of alkyl halides is 5. The summed E-state index contributed by atoms with van der Waals surface area (Å²) in [4.78, 5) is 11.2. The van der Waals surface area contributed by atoms with Crippen molar-refractivity contribution < 1.29 is 31.5 Å². The molecule has 0 aliphatic carbocycles. The molecule has 0 N–H and O–H groups in total. The van der Waals surface area contributed by atoms with Crippen molar-refractivity contribution in [3.05, 3.63) is 28.8 Å². The number of ether oxygens (including phenoxy) is 1. The van der Waals surface area contributed by atoms with Crippen LogP contribution in [0, 0.1) is 0 Å². The minimum Gasteiger partial charge on any atom is -0.433 e. The van der Waals surface area contributed by atoms with Gasteiger partial charge in [-0.1, -0.05) is 13.0 Å². The molecule has 1 aromatic rings. The molecule has 7 heteroatoms. The van der Waals surface area contributed by atoms with Crippen LogP contribution in [0.15, 0.2) is 12.1 Å². The Morgan fingerprint density at radius 1 is 1.32 bits per heavy atom. The van der Waals surface area contributed by atoms with Crippen LogP contribution in [0.3, 0.4) is 0 Å². The number of benzene rings is 1. The highest BCUT2D eigenvalue weighted by atomic mass is 19.4.